The van der Waals surface area contributed by atoms with Crippen LogP contribution in [-0.4, -0.2) is 16.5 Å². The molecular formula is C13H9F4NO2. The molecule has 3 nitrogen and oxygen atoms in total. The molecule has 2 aromatic rings. The first-order valence-corrected chi connectivity index (χ1v) is 5.50. The molecule has 0 aliphatic carbocycles. The molecule has 1 atom stereocenters. The smallest absolute Gasteiger partial charge is 0.406 e. The lowest BCUT2D eigenvalue weighted by Gasteiger charge is -2.14. The number of aromatic nitrogens is 1. The van der Waals surface area contributed by atoms with Crippen LogP contribution in [0.4, 0.5) is 17.6 Å². The third-order valence-electron chi connectivity index (χ3n) is 2.51. The summed E-state index contributed by atoms with van der Waals surface area (Å²) in [6.07, 6.45) is -4.05. The van der Waals surface area contributed by atoms with Crippen molar-refractivity contribution in [1.29, 1.82) is 0 Å². The van der Waals surface area contributed by atoms with Gasteiger partial charge in [0.05, 0.1) is 6.20 Å². The van der Waals surface area contributed by atoms with Gasteiger partial charge in [-0.3, -0.25) is 4.98 Å². The van der Waals surface area contributed by atoms with Gasteiger partial charge in [0, 0.05) is 11.8 Å². The van der Waals surface area contributed by atoms with Crippen LogP contribution in [0.5, 0.6) is 5.75 Å². The van der Waals surface area contributed by atoms with E-state index < -0.39 is 24.0 Å². The van der Waals surface area contributed by atoms with Gasteiger partial charge in [0.15, 0.2) is 0 Å². The van der Waals surface area contributed by atoms with Crippen molar-refractivity contribution < 1.29 is 27.4 Å². The second-order valence-corrected chi connectivity index (χ2v) is 3.92. The molecule has 0 aliphatic heterocycles. The number of hydrogen-bond acceptors (Lipinski definition) is 3. The second kappa shape index (κ2) is 5.46. The molecule has 20 heavy (non-hydrogen) atoms. The van der Waals surface area contributed by atoms with Crippen LogP contribution in [0, 0.1) is 5.82 Å². The van der Waals surface area contributed by atoms with E-state index in [0.29, 0.717) is 0 Å². The maximum Gasteiger partial charge on any atom is 0.573 e. The summed E-state index contributed by atoms with van der Waals surface area (Å²) in [4.78, 5) is 3.53. The maximum absolute atomic E-state index is 13.5. The van der Waals surface area contributed by atoms with Crippen LogP contribution in [0.1, 0.15) is 17.2 Å². The van der Waals surface area contributed by atoms with E-state index in [0.717, 1.165) is 18.3 Å². The molecule has 0 fully saturated rings. The lowest BCUT2D eigenvalue weighted by Crippen LogP contribution is -2.17. The molecule has 7 heteroatoms. The van der Waals surface area contributed by atoms with Crippen molar-refractivity contribution in [2.45, 2.75) is 12.5 Å². The van der Waals surface area contributed by atoms with Gasteiger partial charge in [-0.05, 0) is 23.8 Å². The van der Waals surface area contributed by atoms with E-state index in [9.17, 15) is 22.7 Å². The third-order valence-corrected chi connectivity index (χ3v) is 2.51. The molecule has 0 aliphatic rings. The highest BCUT2D eigenvalue weighted by Crippen LogP contribution is 2.29. The number of nitrogens with zero attached hydrogens (tertiary/aromatic N) is 1. The van der Waals surface area contributed by atoms with E-state index in [2.05, 4.69) is 9.72 Å². The predicted molar refractivity (Wildman–Crippen MR) is 61.4 cm³/mol. The first kappa shape index (κ1) is 14.3. The number of halogens is 4. The van der Waals surface area contributed by atoms with E-state index in [1.165, 1.54) is 24.4 Å². The highest BCUT2D eigenvalue weighted by Gasteiger charge is 2.31. The summed E-state index contributed by atoms with van der Waals surface area (Å²) in [6.45, 7) is 0. The minimum atomic E-state index is -4.83. The summed E-state index contributed by atoms with van der Waals surface area (Å²) < 4.78 is 53.5. The van der Waals surface area contributed by atoms with Crippen molar-refractivity contribution in [1.82, 2.24) is 4.98 Å². The van der Waals surface area contributed by atoms with Gasteiger partial charge in [-0.1, -0.05) is 12.1 Å². The minimum Gasteiger partial charge on any atom is -0.406 e. The van der Waals surface area contributed by atoms with Crippen molar-refractivity contribution in [3.8, 4) is 5.75 Å². The van der Waals surface area contributed by atoms with E-state index in [1.54, 1.807) is 0 Å². The molecule has 0 bridgehead atoms. The van der Waals surface area contributed by atoms with Gasteiger partial charge >= 0.3 is 6.36 Å². The SMILES string of the molecule is OC(c1cccc(OC(F)(F)F)c1)c1ccncc1F. The molecule has 0 spiro atoms. The fraction of sp³-hybridized carbons (Fsp3) is 0.154. The Hall–Kier alpha value is -2.15. The fourth-order valence-corrected chi connectivity index (χ4v) is 1.67. The summed E-state index contributed by atoms with van der Waals surface area (Å²) in [6, 6.07) is 5.98. The fourth-order valence-electron chi connectivity index (χ4n) is 1.67. The standard InChI is InChI=1S/C13H9F4NO2/c14-11-7-18-5-4-10(11)12(19)8-2-1-3-9(6-8)20-13(15,16)17/h1-7,12,19H. The van der Waals surface area contributed by atoms with E-state index >= 15 is 0 Å². The normalized spacial score (nSPS) is 13.1. The van der Waals surface area contributed by atoms with Crippen LogP contribution >= 0.6 is 0 Å². The lowest BCUT2D eigenvalue weighted by molar-refractivity contribution is -0.274. The topological polar surface area (TPSA) is 42.4 Å². The summed E-state index contributed by atoms with van der Waals surface area (Å²) in [5, 5.41) is 9.99. The average molecular weight is 287 g/mol. The molecule has 1 N–H and O–H groups in total. The summed E-state index contributed by atoms with van der Waals surface area (Å²) in [5.41, 5.74) is 0.000934. The Bertz CT molecular complexity index is 601. The van der Waals surface area contributed by atoms with Gasteiger partial charge in [-0.15, -0.1) is 13.2 Å². The number of ether oxygens (including phenoxy) is 1. The van der Waals surface area contributed by atoms with Gasteiger partial charge in [0.1, 0.15) is 17.7 Å². The number of alkyl halides is 3. The minimum absolute atomic E-state index is 0.0795. The number of rotatable bonds is 3. The van der Waals surface area contributed by atoms with E-state index in [-0.39, 0.29) is 11.1 Å². The molecule has 0 saturated carbocycles. The molecule has 1 unspecified atom stereocenters. The van der Waals surface area contributed by atoms with Crippen molar-refractivity contribution in [2.24, 2.45) is 0 Å². The first-order chi connectivity index (χ1) is 9.37. The summed E-state index contributed by atoms with van der Waals surface area (Å²) >= 11 is 0. The quantitative estimate of drug-likeness (QED) is 0.881. The van der Waals surface area contributed by atoms with Crippen LogP contribution in [-0.2, 0) is 0 Å². The third kappa shape index (κ3) is 3.45. The first-order valence-electron chi connectivity index (χ1n) is 5.50. The zero-order valence-corrected chi connectivity index (χ0v) is 9.93. The Balaban J connectivity index is 2.29. The van der Waals surface area contributed by atoms with Gasteiger partial charge in [-0.2, -0.15) is 0 Å². The summed E-state index contributed by atoms with van der Waals surface area (Å²) in [5.74, 6) is -1.23. The molecule has 1 aromatic heterocycles. The predicted octanol–water partition coefficient (Wildman–Crippen LogP) is 3.20. The molecule has 1 aromatic carbocycles. The molecule has 0 saturated heterocycles. The average Bonchev–Trinajstić information content (AvgIpc) is 2.37. The summed E-state index contributed by atoms with van der Waals surface area (Å²) in [7, 11) is 0. The van der Waals surface area contributed by atoms with Crippen LogP contribution in [0.25, 0.3) is 0 Å². The van der Waals surface area contributed by atoms with Gasteiger partial charge in [0.25, 0.3) is 0 Å². The van der Waals surface area contributed by atoms with E-state index in [4.69, 9.17) is 0 Å². The Morgan fingerprint density at radius 3 is 2.60 bits per heavy atom. The Kier molecular flexibility index (Phi) is 3.89. The number of aliphatic hydroxyl groups is 1. The molecule has 106 valence electrons. The van der Waals surface area contributed by atoms with Gasteiger partial charge < -0.3 is 9.84 Å². The van der Waals surface area contributed by atoms with Crippen LogP contribution in [0.2, 0.25) is 0 Å². The highest BCUT2D eigenvalue weighted by molar-refractivity contribution is 5.35. The number of pyridine rings is 1. The van der Waals surface area contributed by atoms with Crippen LogP contribution in [0.15, 0.2) is 42.7 Å². The van der Waals surface area contributed by atoms with Crippen LogP contribution < -0.4 is 4.74 Å². The largest absolute Gasteiger partial charge is 0.573 e. The monoisotopic (exact) mass is 287 g/mol. The second-order valence-electron chi connectivity index (χ2n) is 3.92. The van der Waals surface area contributed by atoms with Crippen molar-refractivity contribution in [3.05, 3.63) is 59.7 Å². The Morgan fingerprint density at radius 1 is 1.20 bits per heavy atom. The highest BCUT2D eigenvalue weighted by atomic mass is 19.4. The molecule has 0 amide bonds. The number of benzene rings is 1. The maximum atomic E-state index is 13.5. The molecular weight excluding hydrogens is 278 g/mol. The number of hydrogen-bond donors (Lipinski definition) is 1. The van der Waals surface area contributed by atoms with E-state index in [1.807, 2.05) is 0 Å². The van der Waals surface area contributed by atoms with Crippen molar-refractivity contribution in [3.63, 3.8) is 0 Å². The Labute approximate surface area is 111 Å². The lowest BCUT2D eigenvalue weighted by atomic mass is 10.0. The zero-order chi connectivity index (χ0) is 14.8. The molecule has 2 rings (SSSR count). The Morgan fingerprint density at radius 2 is 1.95 bits per heavy atom. The zero-order valence-electron chi connectivity index (χ0n) is 9.93. The van der Waals surface area contributed by atoms with Gasteiger partial charge in [-0.25, -0.2) is 4.39 Å². The van der Waals surface area contributed by atoms with Crippen molar-refractivity contribution in [2.75, 3.05) is 0 Å². The van der Waals surface area contributed by atoms with Crippen LogP contribution in [0.3, 0.4) is 0 Å². The molecule has 1 heterocycles. The molecule has 0 radical (unpaired) electrons. The van der Waals surface area contributed by atoms with Gasteiger partial charge in [0.2, 0.25) is 0 Å². The number of aliphatic hydroxyl groups excluding tert-OH is 1. The van der Waals surface area contributed by atoms with Crippen molar-refractivity contribution >= 4 is 0 Å².